The number of rotatable bonds is 5. The van der Waals surface area contributed by atoms with Gasteiger partial charge in [0, 0.05) is 6.54 Å². The molecule has 0 aliphatic carbocycles. The fourth-order valence-corrected chi connectivity index (χ4v) is 4.11. The molecule has 5 nitrogen and oxygen atoms in total. The van der Waals surface area contributed by atoms with Crippen molar-refractivity contribution in [3.8, 4) is 0 Å². The normalized spacial score (nSPS) is 15.0. The van der Waals surface area contributed by atoms with Gasteiger partial charge in [-0.05, 0) is 39.7 Å². The van der Waals surface area contributed by atoms with E-state index in [1.165, 1.54) is 11.8 Å². The van der Waals surface area contributed by atoms with Gasteiger partial charge in [-0.15, -0.1) is 0 Å². The molecule has 0 aromatic heterocycles. The number of carboxylic acid groups (broad SMARTS) is 1. The molecule has 1 aliphatic heterocycles. The average molecular weight is 402 g/mol. The number of fused-ring (bicyclic) bond motifs is 1. The molecular formula is C23H18N2O3S. The van der Waals surface area contributed by atoms with E-state index in [1.807, 2.05) is 78.9 Å². The lowest BCUT2D eigenvalue weighted by atomic mass is 10.0. The maximum atomic E-state index is 12.5. The molecule has 0 unspecified atom stereocenters. The summed E-state index contributed by atoms with van der Waals surface area (Å²) < 4.78 is 0. The fraction of sp³-hybridized carbons (Fsp3) is 0.0870. The second kappa shape index (κ2) is 8.32. The molecule has 0 radical (unpaired) electrons. The zero-order valence-electron chi connectivity index (χ0n) is 15.5. The van der Waals surface area contributed by atoms with Crippen LogP contribution in [-0.4, -0.2) is 33.6 Å². The first-order chi connectivity index (χ1) is 14.1. The first-order valence-electron chi connectivity index (χ1n) is 9.11. The standard InChI is InChI=1S/C23H18N2O3S/c26-21(27)15-25(14-16-7-2-1-3-8-16)23-24-22(28)20(29-23)13-18-11-6-10-17-9-4-5-12-19(17)18/h1-13H,14-15H2,(H,26,27). The summed E-state index contributed by atoms with van der Waals surface area (Å²) in [5.41, 5.74) is 1.89. The van der Waals surface area contributed by atoms with Gasteiger partial charge in [0.15, 0.2) is 5.17 Å². The van der Waals surface area contributed by atoms with Crippen molar-refractivity contribution < 1.29 is 14.7 Å². The van der Waals surface area contributed by atoms with Gasteiger partial charge in [0.2, 0.25) is 0 Å². The quantitative estimate of drug-likeness (QED) is 0.641. The number of aliphatic carboxylic acids is 1. The van der Waals surface area contributed by atoms with Gasteiger partial charge in [-0.25, -0.2) is 0 Å². The van der Waals surface area contributed by atoms with Crippen LogP contribution in [0.2, 0.25) is 0 Å². The van der Waals surface area contributed by atoms with Gasteiger partial charge in [-0.1, -0.05) is 72.8 Å². The predicted octanol–water partition coefficient (Wildman–Crippen LogP) is 4.40. The number of amidine groups is 1. The number of carboxylic acids is 1. The minimum Gasteiger partial charge on any atom is -0.480 e. The second-order valence-corrected chi connectivity index (χ2v) is 7.62. The molecule has 4 rings (SSSR count). The Labute approximate surface area is 172 Å². The molecule has 1 amide bonds. The minimum atomic E-state index is -0.969. The van der Waals surface area contributed by atoms with Gasteiger partial charge in [-0.2, -0.15) is 4.99 Å². The highest BCUT2D eigenvalue weighted by Gasteiger charge is 2.27. The Kier molecular flexibility index (Phi) is 5.44. The molecule has 3 aromatic rings. The molecule has 29 heavy (non-hydrogen) atoms. The van der Waals surface area contributed by atoms with Crippen molar-refractivity contribution in [3.05, 3.63) is 88.8 Å². The van der Waals surface area contributed by atoms with E-state index in [1.54, 1.807) is 4.90 Å². The molecule has 3 aromatic carbocycles. The number of benzene rings is 3. The van der Waals surface area contributed by atoms with Crippen LogP contribution in [0.25, 0.3) is 16.8 Å². The van der Waals surface area contributed by atoms with Crippen molar-refractivity contribution >= 4 is 45.7 Å². The Bertz CT molecular complexity index is 1130. The summed E-state index contributed by atoms with van der Waals surface area (Å²) in [5.74, 6) is -1.32. The number of hydrogen-bond donors (Lipinski definition) is 1. The van der Waals surface area contributed by atoms with Crippen LogP contribution in [0.4, 0.5) is 0 Å². The van der Waals surface area contributed by atoms with Crippen LogP contribution < -0.4 is 0 Å². The zero-order chi connectivity index (χ0) is 20.2. The maximum absolute atomic E-state index is 12.5. The van der Waals surface area contributed by atoms with Crippen molar-refractivity contribution in [2.75, 3.05) is 6.54 Å². The Hall–Kier alpha value is -3.38. The molecule has 0 saturated heterocycles. The van der Waals surface area contributed by atoms with Gasteiger partial charge in [-0.3, -0.25) is 9.59 Å². The fourth-order valence-electron chi connectivity index (χ4n) is 3.21. The van der Waals surface area contributed by atoms with E-state index in [0.29, 0.717) is 16.6 Å². The first-order valence-corrected chi connectivity index (χ1v) is 9.93. The molecule has 1 N–H and O–H groups in total. The van der Waals surface area contributed by atoms with E-state index < -0.39 is 5.97 Å². The van der Waals surface area contributed by atoms with Crippen LogP contribution in [0, 0.1) is 0 Å². The number of aliphatic imine (C=N–C) groups is 1. The van der Waals surface area contributed by atoms with Crippen LogP contribution >= 0.6 is 11.8 Å². The van der Waals surface area contributed by atoms with E-state index in [0.717, 1.165) is 21.9 Å². The largest absolute Gasteiger partial charge is 0.480 e. The molecular weight excluding hydrogens is 384 g/mol. The lowest BCUT2D eigenvalue weighted by Gasteiger charge is -2.21. The van der Waals surface area contributed by atoms with Crippen molar-refractivity contribution in [3.63, 3.8) is 0 Å². The maximum Gasteiger partial charge on any atom is 0.323 e. The summed E-state index contributed by atoms with van der Waals surface area (Å²) in [7, 11) is 0. The second-order valence-electron chi connectivity index (χ2n) is 6.61. The highest BCUT2D eigenvalue weighted by atomic mass is 32.2. The summed E-state index contributed by atoms with van der Waals surface area (Å²) in [6.07, 6.45) is 1.83. The average Bonchev–Trinajstić information content (AvgIpc) is 3.09. The van der Waals surface area contributed by atoms with E-state index in [9.17, 15) is 14.7 Å². The van der Waals surface area contributed by atoms with Gasteiger partial charge >= 0.3 is 5.97 Å². The summed E-state index contributed by atoms with van der Waals surface area (Å²) in [4.78, 5) is 30.1. The van der Waals surface area contributed by atoms with E-state index in [2.05, 4.69) is 4.99 Å². The summed E-state index contributed by atoms with van der Waals surface area (Å²) in [5, 5.41) is 11.9. The number of hydrogen-bond acceptors (Lipinski definition) is 4. The lowest BCUT2D eigenvalue weighted by Crippen LogP contribution is -2.32. The summed E-state index contributed by atoms with van der Waals surface area (Å²) in [6.45, 7) is 0.142. The van der Waals surface area contributed by atoms with Crippen molar-refractivity contribution in [1.82, 2.24) is 4.90 Å². The van der Waals surface area contributed by atoms with Gasteiger partial charge in [0.25, 0.3) is 5.91 Å². The third-order valence-electron chi connectivity index (χ3n) is 4.53. The molecule has 0 atom stereocenters. The highest BCUT2D eigenvalue weighted by molar-refractivity contribution is 8.18. The SMILES string of the molecule is O=C(O)CN(Cc1ccccc1)C1=NC(=O)C(=Cc2cccc3ccccc23)S1. The number of nitrogens with zero attached hydrogens (tertiary/aromatic N) is 2. The monoisotopic (exact) mass is 402 g/mol. The molecule has 1 heterocycles. The van der Waals surface area contributed by atoms with E-state index in [4.69, 9.17) is 0 Å². The van der Waals surface area contributed by atoms with E-state index in [-0.39, 0.29) is 12.5 Å². The minimum absolute atomic E-state index is 0.227. The molecule has 144 valence electrons. The Morgan fingerprint density at radius 1 is 1.00 bits per heavy atom. The third kappa shape index (κ3) is 4.38. The zero-order valence-corrected chi connectivity index (χ0v) is 16.3. The van der Waals surface area contributed by atoms with Gasteiger partial charge in [0.1, 0.15) is 6.54 Å². The van der Waals surface area contributed by atoms with Crippen LogP contribution in [-0.2, 0) is 16.1 Å². The van der Waals surface area contributed by atoms with Crippen molar-refractivity contribution in [2.45, 2.75) is 6.54 Å². The van der Waals surface area contributed by atoms with Gasteiger partial charge in [0.05, 0.1) is 4.91 Å². The number of thioether (sulfide) groups is 1. The number of carbonyl (C=O) groups is 2. The van der Waals surface area contributed by atoms with Gasteiger partial charge < -0.3 is 10.0 Å². The Balaban J connectivity index is 1.61. The molecule has 0 saturated carbocycles. The van der Waals surface area contributed by atoms with Crippen molar-refractivity contribution in [2.24, 2.45) is 4.99 Å². The predicted molar refractivity (Wildman–Crippen MR) is 116 cm³/mol. The summed E-state index contributed by atoms with van der Waals surface area (Å²) in [6, 6.07) is 23.5. The summed E-state index contributed by atoms with van der Waals surface area (Å²) >= 11 is 1.22. The highest BCUT2D eigenvalue weighted by Crippen LogP contribution is 2.32. The topological polar surface area (TPSA) is 70.0 Å². The molecule has 0 fully saturated rings. The number of amides is 1. The lowest BCUT2D eigenvalue weighted by molar-refractivity contribution is -0.137. The van der Waals surface area contributed by atoms with Crippen LogP contribution in [0.1, 0.15) is 11.1 Å². The van der Waals surface area contributed by atoms with Crippen LogP contribution in [0.3, 0.4) is 0 Å². The smallest absolute Gasteiger partial charge is 0.323 e. The van der Waals surface area contributed by atoms with E-state index >= 15 is 0 Å². The Morgan fingerprint density at radius 2 is 1.72 bits per heavy atom. The molecule has 0 bridgehead atoms. The Morgan fingerprint density at radius 3 is 2.52 bits per heavy atom. The van der Waals surface area contributed by atoms with Crippen LogP contribution in [0.15, 0.2) is 82.7 Å². The van der Waals surface area contributed by atoms with Crippen LogP contribution in [0.5, 0.6) is 0 Å². The molecule has 1 aliphatic rings. The van der Waals surface area contributed by atoms with Crippen molar-refractivity contribution in [1.29, 1.82) is 0 Å². The molecule has 6 heteroatoms. The number of carbonyl (C=O) groups excluding carboxylic acids is 1. The first kappa shape index (κ1) is 19.0. The third-order valence-corrected chi connectivity index (χ3v) is 5.58. The molecule has 0 spiro atoms.